The number of cyclic esters (lactones) is 1. The minimum atomic E-state index is -0.243. The molecule has 0 radical (unpaired) electrons. The van der Waals surface area contributed by atoms with Crippen LogP contribution in [0.25, 0.3) is 0 Å². The third kappa shape index (κ3) is 3.79. The quantitative estimate of drug-likeness (QED) is 0.298. The highest BCUT2D eigenvalue weighted by atomic mass is 16.5. The average Bonchev–Trinajstić information content (AvgIpc) is 3.44. The molecule has 1 saturated carbocycles. The van der Waals surface area contributed by atoms with Crippen molar-refractivity contribution in [3.8, 4) is 0 Å². The summed E-state index contributed by atoms with van der Waals surface area (Å²) >= 11 is 0. The fourth-order valence-electron chi connectivity index (χ4n) is 8.08. The van der Waals surface area contributed by atoms with Crippen LogP contribution in [-0.2, 0) is 19.1 Å². The van der Waals surface area contributed by atoms with Crippen LogP contribution in [-0.4, -0.2) is 19.0 Å². The fraction of sp³-hybridized carbons (Fsp3) is 0.613. The number of fused-ring (bicyclic) bond motifs is 2. The van der Waals surface area contributed by atoms with Crippen molar-refractivity contribution in [1.82, 2.24) is 0 Å². The zero-order chi connectivity index (χ0) is 25.8. The van der Waals surface area contributed by atoms with Gasteiger partial charge < -0.3 is 9.47 Å². The first-order valence-corrected chi connectivity index (χ1v) is 13.1. The first-order chi connectivity index (χ1) is 16.4. The summed E-state index contributed by atoms with van der Waals surface area (Å²) in [4.78, 5) is 24.1. The molecule has 4 aliphatic rings. The van der Waals surface area contributed by atoms with Gasteiger partial charge in [-0.05, 0) is 93.6 Å². The molecule has 4 heteroatoms. The Hall–Kier alpha value is -2.36. The third-order valence-corrected chi connectivity index (χ3v) is 10.3. The van der Waals surface area contributed by atoms with Crippen LogP contribution >= 0.6 is 0 Å². The maximum absolute atomic E-state index is 12.2. The van der Waals surface area contributed by atoms with Crippen molar-refractivity contribution < 1.29 is 19.1 Å². The van der Waals surface area contributed by atoms with Gasteiger partial charge in [0.05, 0.1) is 7.11 Å². The van der Waals surface area contributed by atoms with Gasteiger partial charge >= 0.3 is 11.9 Å². The number of carbonyl (C=O) groups is 2. The number of allylic oxidation sites excluding steroid dienone is 7. The van der Waals surface area contributed by atoms with E-state index >= 15 is 0 Å². The maximum atomic E-state index is 12.2. The number of hydrogen-bond acceptors (Lipinski definition) is 4. The van der Waals surface area contributed by atoms with Gasteiger partial charge in [-0.3, -0.25) is 4.79 Å². The van der Waals surface area contributed by atoms with Gasteiger partial charge in [0.2, 0.25) is 0 Å². The lowest BCUT2D eigenvalue weighted by Gasteiger charge is -2.53. The van der Waals surface area contributed by atoms with Crippen LogP contribution in [0, 0.1) is 34.0 Å². The van der Waals surface area contributed by atoms with Crippen molar-refractivity contribution >= 4 is 11.9 Å². The molecule has 6 unspecified atom stereocenters. The van der Waals surface area contributed by atoms with Crippen LogP contribution in [0.15, 0.2) is 58.9 Å². The lowest BCUT2D eigenvalue weighted by Crippen LogP contribution is -2.45. The lowest BCUT2D eigenvalue weighted by molar-refractivity contribution is -0.141. The van der Waals surface area contributed by atoms with Gasteiger partial charge in [-0.1, -0.05) is 56.2 Å². The highest BCUT2D eigenvalue weighted by molar-refractivity contribution is 5.92. The van der Waals surface area contributed by atoms with E-state index in [-0.39, 0.29) is 34.1 Å². The van der Waals surface area contributed by atoms with Crippen LogP contribution in [0.4, 0.5) is 0 Å². The monoisotopic (exact) mass is 478 g/mol. The predicted octanol–water partition coefficient (Wildman–Crippen LogP) is 7.24. The van der Waals surface area contributed by atoms with Gasteiger partial charge in [-0.25, -0.2) is 4.79 Å². The average molecular weight is 479 g/mol. The van der Waals surface area contributed by atoms with E-state index in [0.29, 0.717) is 29.6 Å². The van der Waals surface area contributed by atoms with E-state index in [1.807, 2.05) is 6.08 Å². The molecule has 3 aliphatic carbocycles. The highest BCUT2D eigenvalue weighted by Crippen LogP contribution is 2.72. The van der Waals surface area contributed by atoms with Crippen molar-refractivity contribution in [2.45, 2.75) is 80.1 Å². The van der Waals surface area contributed by atoms with E-state index in [1.54, 1.807) is 12.5 Å². The molecular weight excluding hydrogens is 436 g/mol. The van der Waals surface area contributed by atoms with E-state index < -0.39 is 0 Å². The zero-order valence-electron chi connectivity index (χ0n) is 22.6. The van der Waals surface area contributed by atoms with Gasteiger partial charge in [0.25, 0.3) is 0 Å². The molecule has 0 aromatic heterocycles. The summed E-state index contributed by atoms with van der Waals surface area (Å²) in [5.74, 6) is 1.30. The van der Waals surface area contributed by atoms with Gasteiger partial charge in [-0.15, -0.1) is 0 Å². The number of methoxy groups -OCH3 is 1. The Morgan fingerprint density at radius 2 is 2.03 bits per heavy atom. The van der Waals surface area contributed by atoms with Gasteiger partial charge in [0.1, 0.15) is 5.76 Å². The molecule has 0 N–H and O–H groups in total. The zero-order valence-corrected chi connectivity index (χ0v) is 22.6. The molecule has 0 amide bonds. The summed E-state index contributed by atoms with van der Waals surface area (Å²) < 4.78 is 10.5. The summed E-state index contributed by atoms with van der Waals surface area (Å²) in [6.07, 6.45) is 14.5. The van der Waals surface area contributed by atoms with Crippen molar-refractivity contribution in [2.75, 3.05) is 7.11 Å². The second-order valence-corrected chi connectivity index (χ2v) is 12.0. The SMILES string of the molecule is C=C(C)C1CC=C2C(CCC23C(C)=CCC3(C)C(C)C=C2C=C(C)C(=O)O2)C1(C)CCC(=O)OC. The Kier molecular flexibility index (Phi) is 6.57. The van der Waals surface area contributed by atoms with Crippen molar-refractivity contribution in [3.05, 3.63) is 58.9 Å². The number of rotatable bonds is 6. The summed E-state index contributed by atoms with van der Waals surface area (Å²) in [7, 11) is 1.48. The Labute approximate surface area is 211 Å². The Morgan fingerprint density at radius 3 is 2.63 bits per heavy atom. The molecule has 0 aromatic carbocycles. The number of carbonyl (C=O) groups excluding carboxylic acids is 2. The van der Waals surface area contributed by atoms with Crippen LogP contribution in [0.3, 0.4) is 0 Å². The largest absolute Gasteiger partial charge is 0.469 e. The second kappa shape index (κ2) is 8.94. The van der Waals surface area contributed by atoms with Gasteiger partial charge in [0, 0.05) is 17.4 Å². The Balaban J connectivity index is 1.74. The second-order valence-electron chi connectivity index (χ2n) is 12.0. The smallest absolute Gasteiger partial charge is 0.339 e. The van der Waals surface area contributed by atoms with Crippen LogP contribution in [0.2, 0.25) is 0 Å². The molecule has 4 nitrogen and oxygen atoms in total. The Morgan fingerprint density at radius 1 is 1.31 bits per heavy atom. The van der Waals surface area contributed by atoms with Crippen molar-refractivity contribution in [3.63, 3.8) is 0 Å². The summed E-state index contributed by atoms with van der Waals surface area (Å²) in [5, 5.41) is 0. The maximum Gasteiger partial charge on any atom is 0.339 e. The van der Waals surface area contributed by atoms with E-state index in [0.717, 1.165) is 32.1 Å². The van der Waals surface area contributed by atoms with Crippen LogP contribution in [0.1, 0.15) is 80.1 Å². The lowest BCUT2D eigenvalue weighted by atomic mass is 9.51. The van der Waals surface area contributed by atoms with E-state index in [9.17, 15) is 9.59 Å². The topological polar surface area (TPSA) is 52.6 Å². The highest BCUT2D eigenvalue weighted by Gasteiger charge is 2.63. The summed E-state index contributed by atoms with van der Waals surface area (Å²) in [5.41, 5.74) is 4.85. The predicted molar refractivity (Wildman–Crippen MR) is 139 cm³/mol. The molecular formula is C31H42O4. The standard InChI is InChI=1S/C31H42O4/c1-19(2)24-9-10-26-25(29(24,6)14-13-27(32)34-8)12-16-31(26)21(4)11-15-30(31,7)22(5)18-23-17-20(3)28(33)35-23/h10-11,17-18,22,24-25H,1,9,12-16H2,2-8H3. The van der Waals surface area contributed by atoms with E-state index in [1.165, 1.54) is 18.3 Å². The molecule has 1 fully saturated rings. The molecule has 4 rings (SSSR count). The molecule has 0 saturated heterocycles. The van der Waals surface area contributed by atoms with Crippen LogP contribution < -0.4 is 0 Å². The van der Waals surface area contributed by atoms with Crippen molar-refractivity contribution in [1.29, 1.82) is 0 Å². The van der Waals surface area contributed by atoms with Gasteiger partial charge in [-0.2, -0.15) is 0 Å². The van der Waals surface area contributed by atoms with E-state index in [2.05, 4.69) is 59.4 Å². The number of ether oxygens (including phenoxy) is 2. The molecule has 190 valence electrons. The summed E-state index contributed by atoms with van der Waals surface area (Å²) in [6, 6.07) is 0. The molecule has 0 bridgehead atoms. The third-order valence-electron chi connectivity index (χ3n) is 10.3. The summed E-state index contributed by atoms with van der Waals surface area (Å²) in [6.45, 7) is 17.7. The molecule has 1 heterocycles. The minimum Gasteiger partial charge on any atom is -0.469 e. The molecule has 1 spiro atoms. The van der Waals surface area contributed by atoms with Crippen LogP contribution in [0.5, 0.6) is 0 Å². The first-order valence-electron chi connectivity index (χ1n) is 13.1. The number of hydrogen-bond donors (Lipinski definition) is 0. The molecule has 35 heavy (non-hydrogen) atoms. The van der Waals surface area contributed by atoms with Crippen molar-refractivity contribution in [2.24, 2.45) is 34.0 Å². The normalized spacial score (nSPS) is 38.1. The molecule has 6 atom stereocenters. The van der Waals surface area contributed by atoms with E-state index in [4.69, 9.17) is 9.47 Å². The van der Waals surface area contributed by atoms with Gasteiger partial charge in [0.15, 0.2) is 0 Å². The molecule has 1 aliphatic heterocycles. The number of esters is 2. The minimum absolute atomic E-state index is 0.0118. The Bertz CT molecular complexity index is 1070. The first kappa shape index (κ1) is 25.7. The molecule has 0 aromatic rings. The fourth-order valence-corrected chi connectivity index (χ4v) is 8.08.